The van der Waals surface area contributed by atoms with Crippen molar-refractivity contribution in [2.45, 2.75) is 30.4 Å². The smallest absolute Gasteiger partial charge is 0.404 e. The predicted octanol–water partition coefficient (Wildman–Crippen LogP) is -0.451. The summed E-state index contributed by atoms with van der Waals surface area (Å²) in [5.74, 6) is -3.55. The number of rotatable bonds is 4. The van der Waals surface area contributed by atoms with Gasteiger partial charge in [-0.2, -0.15) is 10.2 Å². The highest BCUT2D eigenvalue weighted by atomic mass is 31.2. The Morgan fingerprint density at radius 1 is 1.42 bits per heavy atom. The monoisotopic (exact) mass is 455 g/mol. The van der Waals surface area contributed by atoms with Gasteiger partial charge in [0.05, 0.1) is 6.61 Å². The van der Waals surface area contributed by atoms with E-state index < -0.39 is 49.9 Å². The van der Waals surface area contributed by atoms with Crippen molar-refractivity contribution >= 4 is 13.8 Å². The summed E-state index contributed by atoms with van der Waals surface area (Å²) >= 11 is 0. The van der Waals surface area contributed by atoms with Crippen molar-refractivity contribution in [1.29, 1.82) is 5.26 Å². The topological polar surface area (TPSA) is 192 Å². The molecule has 5 atom stereocenters. The van der Waals surface area contributed by atoms with Gasteiger partial charge in [-0.3, -0.25) is 13.8 Å². The van der Waals surface area contributed by atoms with E-state index in [2.05, 4.69) is 9.97 Å². The Balaban J connectivity index is 1.59. The lowest BCUT2D eigenvalue weighted by molar-refractivity contribution is -0.226. The molecule has 2 aliphatic rings. The second kappa shape index (κ2) is 7.34. The van der Waals surface area contributed by atoms with Gasteiger partial charge in [0.15, 0.2) is 0 Å². The third-order valence-electron chi connectivity index (χ3n) is 4.69. The number of hydrogen-bond donors (Lipinski definition) is 3. The summed E-state index contributed by atoms with van der Waals surface area (Å²) in [7, 11) is -4.33. The zero-order valence-corrected chi connectivity index (χ0v) is 16.4. The van der Waals surface area contributed by atoms with Gasteiger partial charge in [0.1, 0.15) is 37.0 Å². The Morgan fingerprint density at radius 2 is 2.16 bits per heavy atom. The van der Waals surface area contributed by atoms with Crippen molar-refractivity contribution in [1.82, 2.24) is 14.5 Å². The number of hydrogen-bond acceptors (Lipinski definition) is 12. The van der Waals surface area contributed by atoms with Gasteiger partial charge in [-0.15, -0.1) is 0 Å². The zero-order chi connectivity index (χ0) is 22.4. The van der Waals surface area contributed by atoms with Gasteiger partial charge in [-0.05, 0) is 6.07 Å². The molecule has 0 saturated carbocycles. The van der Waals surface area contributed by atoms with E-state index in [4.69, 9.17) is 24.0 Å². The number of fused-ring (bicyclic) bond motifs is 1. The molecule has 1 unspecified atom stereocenters. The maximum absolute atomic E-state index is 15.4. The largest absolute Gasteiger partial charge is 0.530 e. The Hall–Kier alpha value is -2.92. The Bertz CT molecular complexity index is 1170. The molecule has 1 aromatic carbocycles. The van der Waals surface area contributed by atoms with Gasteiger partial charge in [0.25, 0.3) is 11.6 Å². The first-order valence-corrected chi connectivity index (χ1v) is 10.1. The molecule has 2 aliphatic heterocycles. The van der Waals surface area contributed by atoms with E-state index in [1.807, 2.05) is 0 Å². The lowest BCUT2D eigenvalue weighted by atomic mass is 10.0. The van der Waals surface area contributed by atoms with Crippen LogP contribution in [0.3, 0.4) is 0 Å². The van der Waals surface area contributed by atoms with Crippen LogP contribution in [-0.2, 0) is 30.7 Å². The average molecular weight is 455 g/mol. The fourth-order valence-corrected chi connectivity index (χ4v) is 4.32. The molecule has 15 heteroatoms. The molecule has 1 saturated heterocycles. The second-order valence-electron chi connectivity index (χ2n) is 6.65. The van der Waals surface area contributed by atoms with Crippen molar-refractivity contribution in [3.8, 4) is 11.8 Å². The van der Waals surface area contributed by atoms with E-state index >= 15 is 4.39 Å². The summed E-state index contributed by atoms with van der Waals surface area (Å²) in [4.78, 5) is 18.9. The van der Waals surface area contributed by atoms with Gasteiger partial charge in [-0.25, -0.2) is 23.3 Å². The number of phosphoric ester groups is 1. The highest BCUT2D eigenvalue weighted by Crippen LogP contribution is 2.55. The molecule has 2 aromatic rings. The molecule has 0 aliphatic carbocycles. The molecular formula is C16H15FN5O8P. The molecule has 31 heavy (non-hydrogen) atoms. The molecule has 1 aromatic heterocycles. The summed E-state index contributed by atoms with van der Waals surface area (Å²) in [5.41, 5.74) is 1.89. The van der Waals surface area contributed by atoms with Crippen molar-refractivity contribution in [2.75, 3.05) is 12.3 Å². The fourth-order valence-electron chi connectivity index (χ4n) is 3.09. The molecule has 0 bridgehead atoms. The maximum Gasteiger partial charge on any atom is 0.530 e. The summed E-state index contributed by atoms with van der Waals surface area (Å²) in [6, 6.07) is 7.90. The normalized spacial score (nSPS) is 34.5. The van der Waals surface area contributed by atoms with Crippen LogP contribution in [-0.4, -0.2) is 49.4 Å². The van der Waals surface area contributed by atoms with Crippen molar-refractivity contribution < 1.29 is 37.5 Å². The van der Waals surface area contributed by atoms with Crippen LogP contribution in [0.15, 0.2) is 35.4 Å². The number of anilines is 1. The maximum atomic E-state index is 15.4. The molecule has 0 amide bonds. The van der Waals surface area contributed by atoms with Gasteiger partial charge >= 0.3 is 13.5 Å². The van der Waals surface area contributed by atoms with Crippen LogP contribution in [0.1, 0.15) is 5.56 Å². The van der Waals surface area contributed by atoms with Gasteiger partial charge in [0, 0.05) is 5.56 Å². The highest BCUT2D eigenvalue weighted by molar-refractivity contribution is 7.49. The van der Waals surface area contributed by atoms with Gasteiger partial charge in [-0.1, -0.05) is 18.2 Å². The van der Waals surface area contributed by atoms with Crippen LogP contribution in [0.5, 0.6) is 5.75 Å². The SMILES string of the molecule is N#C[C@@]1(n2cnc(N)nc2=O)O[C@](F)(COP2(=O)OCc3ccccc3O2)[C@@H](O)[C@H]1O. The average Bonchev–Trinajstić information content (AvgIpc) is 2.94. The number of aliphatic hydroxyl groups is 2. The molecule has 1 fully saturated rings. The molecule has 4 N–H and O–H groups in total. The first-order chi connectivity index (χ1) is 14.6. The number of para-hydroxylation sites is 1. The second-order valence-corrected chi connectivity index (χ2v) is 8.24. The van der Waals surface area contributed by atoms with E-state index in [1.165, 1.54) is 12.1 Å². The van der Waals surface area contributed by atoms with Crippen molar-refractivity contribution in [2.24, 2.45) is 0 Å². The van der Waals surface area contributed by atoms with Gasteiger partial charge < -0.3 is 20.5 Å². The fraction of sp³-hybridized carbons (Fsp3) is 0.375. The molecule has 0 spiro atoms. The van der Waals surface area contributed by atoms with Gasteiger partial charge in [0.2, 0.25) is 5.95 Å². The van der Waals surface area contributed by atoms with E-state index in [1.54, 1.807) is 18.2 Å². The quantitative estimate of drug-likeness (QED) is 0.504. The van der Waals surface area contributed by atoms with E-state index in [0.29, 0.717) is 16.5 Å². The van der Waals surface area contributed by atoms with E-state index in [9.17, 15) is 24.8 Å². The Morgan fingerprint density at radius 3 is 2.87 bits per heavy atom. The Labute approximate surface area is 173 Å². The standard InChI is InChI=1S/C16H15FN5O8P/c17-15(7-28-31(26)27-5-9-3-1-2-4-10(9)29-31)11(23)12(24)16(6-18,30-15)22-8-20-13(19)21-14(22)25/h1-4,8,11-12,23-24H,5,7H2,(H2,19,21,25)/t11-,12+,15+,16+,31?/m0/s1. The number of ether oxygens (including phenoxy) is 1. The number of benzene rings is 1. The van der Waals surface area contributed by atoms with E-state index in [0.717, 1.165) is 0 Å². The summed E-state index contributed by atoms with van der Waals surface area (Å²) in [6.45, 7) is -1.43. The minimum Gasteiger partial charge on any atom is -0.404 e. The summed E-state index contributed by atoms with van der Waals surface area (Å²) in [5, 5.41) is 30.1. The van der Waals surface area contributed by atoms with Crippen molar-refractivity contribution in [3.05, 3.63) is 46.6 Å². The number of phosphoric acid groups is 1. The minimum atomic E-state index is -4.33. The number of alkyl halides is 1. The van der Waals surface area contributed by atoms with Crippen LogP contribution in [0.4, 0.5) is 10.3 Å². The lowest BCUT2D eigenvalue weighted by Crippen LogP contribution is -2.50. The minimum absolute atomic E-state index is 0.154. The first kappa shape index (κ1) is 21.3. The molecular weight excluding hydrogens is 440 g/mol. The number of aromatic nitrogens is 3. The van der Waals surface area contributed by atoms with Crippen LogP contribution < -0.4 is 15.9 Å². The van der Waals surface area contributed by atoms with Crippen LogP contribution in [0.25, 0.3) is 0 Å². The van der Waals surface area contributed by atoms with Crippen LogP contribution >= 0.6 is 7.82 Å². The summed E-state index contributed by atoms with van der Waals surface area (Å²) in [6.07, 6.45) is -3.99. The highest BCUT2D eigenvalue weighted by Gasteiger charge is 2.66. The van der Waals surface area contributed by atoms with Crippen LogP contribution in [0.2, 0.25) is 0 Å². The lowest BCUT2D eigenvalue weighted by Gasteiger charge is -2.29. The molecule has 13 nitrogen and oxygen atoms in total. The number of nitrogens with two attached hydrogens (primary N) is 1. The number of aliphatic hydroxyl groups excluding tert-OH is 2. The predicted molar refractivity (Wildman–Crippen MR) is 96.6 cm³/mol. The number of nitrogen functional groups attached to an aromatic ring is 1. The number of nitriles is 1. The van der Waals surface area contributed by atoms with Crippen LogP contribution in [0, 0.1) is 11.3 Å². The summed E-state index contributed by atoms with van der Waals surface area (Å²) < 4.78 is 48.6. The number of halogens is 1. The molecule has 3 heterocycles. The first-order valence-electron chi connectivity index (χ1n) is 8.67. The third-order valence-corrected chi connectivity index (χ3v) is 6.00. The third kappa shape index (κ3) is 3.47. The van der Waals surface area contributed by atoms with E-state index in [-0.39, 0.29) is 12.4 Å². The molecule has 0 radical (unpaired) electrons. The molecule has 4 rings (SSSR count). The van der Waals surface area contributed by atoms with Crippen molar-refractivity contribution in [3.63, 3.8) is 0 Å². The Kier molecular flexibility index (Phi) is 5.05. The molecule has 164 valence electrons. The number of nitrogens with zero attached hydrogens (tertiary/aromatic N) is 4. The zero-order valence-electron chi connectivity index (χ0n) is 15.5.